The molecule has 5 nitrogen and oxygen atoms in total. The van der Waals surface area contributed by atoms with E-state index in [0.29, 0.717) is 18.8 Å². The Morgan fingerprint density at radius 3 is 2.95 bits per heavy atom. The van der Waals surface area contributed by atoms with Crippen LogP contribution in [0.1, 0.15) is 27.4 Å². The molecule has 0 aliphatic carbocycles. The van der Waals surface area contributed by atoms with Gasteiger partial charge in [0, 0.05) is 25.1 Å². The zero-order chi connectivity index (χ0) is 14.8. The number of carbonyl (C=O) groups is 1. The number of nitrogens with one attached hydrogen (secondary N) is 1. The summed E-state index contributed by atoms with van der Waals surface area (Å²) in [5, 5.41) is 12.2. The number of hydrogen-bond donors (Lipinski definition) is 2. The number of benzene rings is 1. The second-order valence-corrected chi connectivity index (χ2v) is 5.18. The molecule has 1 aromatic heterocycles. The smallest absolute Gasteiger partial charge is 0.371 e. The molecule has 21 heavy (non-hydrogen) atoms. The van der Waals surface area contributed by atoms with Gasteiger partial charge < -0.3 is 19.6 Å². The number of ether oxygens (including phenoxy) is 1. The summed E-state index contributed by atoms with van der Waals surface area (Å²) >= 11 is 0. The molecule has 5 heteroatoms. The van der Waals surface area contributed by atoms with E-state index in [1.165, 1.54) is 5.56 Å². The summed E-state index contributed by atoms with van der Waals surface area (Å²) in [6, 6.07) is 9.61. The minimum absolute atomic E-state index is 0.0196. The van der Waals surface area contributed by atoms with Gasteiger partial charge in [-0.05, 0) is 24.6 Å². The third kappa shape index (κ3) is 2.92. The Morgan fingerprint density at radius 2 is 2.24 bits per heavy atom. The van der Waals surface area contributed by atoms with Gasteiger partial charge in [-0.3, -0.25) is 0 Å². The highest BCUT2D eigenvalue weighted by Crippen LogP contribution is 2.27. The van der Waals surface area contributed by atoms with Crippen LogP contribution in [-0.4, -0.2) is 23.7 Å². The third-order valence-electron chi connectivity index (χ3n) is 3.63. The molecule has 0 fully saturated rings. The Hall–Kier alpha value is -2.27. The predicted octanol–water partition coefficient (Wildman–Crippen LogP) is 2.38. The molecule has 1 aromatic carbocycles. The van der Waals surface area contributed by atoms with Crippen molar-refractivity contribution in [2.75, 3.05) is 6.54 Å². The summed E-state index contributed by atoms with van der Waals surface area (Å²) in [7, 11) is 0. The number of furan rings is 1. The quantitative estimate of drug-likeness (QED) is 0.883. The van der Waals surface area contributed by atoms with Gasteiger partial charge in [0.25, 0.3) is 0 Å². The van der Waals surface area contributed by atoms with Crippen LogP contribution in [0.2, 0.25) is 0 Å². The maximum Gasteiger partial charge on any atom is 0.371 e. The molecule has 0 saturated carbocycles. The topological polar surface area (TPSA) is 71.7 Å². The molecule has 1 unspecified atom stereocenters. The first-order chi connectivity index (χ1) is 10.1. The molecule has 3 rings (SSSR count). The van der Waals surface area contributed by atoms with Gasteiger partial charge in [-0.15, -0.1) is 0 Å². The second kappa shape index (κ2) is 5.61. The monoisotopic (exact) mass is 287 g/mol. The van der Waals surface area contributed by atoms with Crippen molar-refractivity contribution in [1.29, 1.82) is 0 Å². The summed E-state index contributed by atoms with van der Waals surface area (Å²) in [6.45, 7) is 3.05. The number of aromatic carboxylic acids is 1. The fraction of sp³-hybridized carbons (Fsp3) is 0.312. The van der Waals surface area contributed by atoms with E-state index < -0.39 is 5.97 Å². The van der Waals surface area contributed by atoms with Crippen molar-refractivity contribution in [3.8, 4) is 5.75 Å². The fourth-order valence-electron chi connectivity index (χ4n) is 2.54. The molecule has 2 N–H and O–H groups in total. The van der Waals surface area contributed by atoms with Gasteiger partial charge in [0.2, 0.25) is 5.76 Å². The lowest BCUT2D eigenvalue weighted by molar-refractivity contribution is 0.0661. The largest absolute Gasteiger partial charge is 0.488 e. The van der Waals surface area contributed by atoms with Crippen molar-refractivity contribution in [2.24, 2.45) is 0 Å². The number of carboxylic acids is 1. The highest BCUT2D eigenvalue weighted by atomic mass is 16.5. The molecule has 1 aliphatic rings. The van der Waals surface area contributed by atoms with Crippen LogP contribution in [0.15, 0.2) is 34.7 Å². The number of para-hydroxylation sites is 1. The van der Waals surface area contributed by atoms with Crippen molar-refractivity contribution in [3.05, 3.63) is 53.0 Å². The van der Waals surface area contributed by atoms with E-state index in [-0.39, 0.29) is 11.9 Å². The molecule has 1 atom stereocenters. The molecular formula is C16H17NO4. The summed E-state index contributed by atoms with van der Waals surface area (Å²) < 4.78 is 11.0. The van der Waals surface area contributed by atoms with Crippen LogP contribution < -0.4 is 10.1 Å². The van der Waals surface area contributed by atoms with Crippen molar-refractivity contribution in [1.82, 2.24) is 5.32 Å². The summed E-state index contributed by atoms with van der Waals surface area (Å²) in [4.78, 5) is 10.8. The number of aryl methyl sites for hydroxylation is 1. The molecule has 1 aliphatic heterocycles. The van der Waals surface area contributed by atoms with Crippen LogP contribution in [0, 0.1) is 6.92 Å². The summed E-state index contributed by atoms with van der Waals surface area (Å²) in [5.41, 5.74) is 2.10. The first kappa shape index (κ1) is 13.7. The summed E-state index contributed by atoms with van der Waals surface area (Å²) in [6.07, 6.45) is 1.02. The Bertz CT molecular complexity index is 637. The van der Waals surface area contributed by atoms with Gasteiger partial charge in [-0.2, -0.15) is 0 Å². The van der Waals surface area contributed by atoms with Crippen LogP contribution in [0.5, 0.6) is 5.75 Å². The van der Waals surface area contributed by atoms with E-state index in [0.717, 1.165) is 17.7 Å². The van der Waals surface area contributed by atoms with E-state index in [1.807, 2.05) is 18.2 Å². The van der Waals surface area contributed by atoms with Gasteiger partial charge in [0.15, 0.2) is 0 Å². The van der Waals surface area contributed by atoms with E-state index in [2.05, 4.69) is 11.4 Å². The van der Waals surface area contributed by atoms with Crippen molar-refractivity contribution in [2.45, 2.75) is 26.0 Å². The number of hydrogen-bond acceptors (Lipinski definition) is 4. The maximum absolute atomic E-state index is 10.8. The third-order valence-corrected chi connectivity index (χ3v) is 3.63. The Balaban J connectivity index is 1.52. The number of rotatable bonds is 5. The van der Waals surface area contributed by atoms with Crippen molar-refractivity contribution in [3.63, 3.8) is 0 Å². The van der Waals surface area contributed by atoms with Crippen molar-refractivity contribution < 1.29 is 19.1 Å². The second-order valence-electron chi connectivity index (χ2n) is 5.18. The van der Waals surface area contributed by atoms with Gasteiger partial charge >= 0.3 is 5.97 Å². The normalized spacial score (nSPS) is 16.5. The first-order valence-electron chi connectivity index (χ1n) is 6.91. The average Bonchev–Trinajstić information content (AvgIpc) is 3.02. The van der Waals surface area contributed by atoms with E-state index in [9.17, 15) is 4.79 Å². The Labute approximate surface area is 122 Å². The van der Waals surface area contributed by atoms with Gasteiger partial charge in [0.05, 0.1) is 0 Å². The highest BCUT2D eigenvalue weighted by molar-refractivity contribution is 5.84. The van der Waals surface area contributed by atoms with Crippen LogP contribution in [0.4, 0.5) is 0 Å². The molecule has 110 valence electrons. The standard InChI is InChI=1S/C16H17NO4/c1-10-12(7-15(20-10)16(18)19)8-17-9-13-6-11-4-2-3-5-14(11)21-13/h2-5,7,13,17H,6,8-9H2,1H3,(H,18,19). The minimum atomic E-state index is -1.04. The van der Waals surface area contributed by atoms with Crippen LogP contribution in [0.25, 0.3) is 0 Å². The average molecular weight is 287 g/mol. The lowest BCUT2D eigenvalue weighted by Gasteiger charge is -2.11. The molecular weight excluding hydrogens is 270 g/mol. The molecule has 0 saturated heterocycles. The highest BCUT2D eigenvalue weighted by Gasteiger charge is 2.22. The summed E-state index contributed by atoms with van der Waals surface area (Å²) in [5.74, 6) is 0.528. The van der Waals surface area contributed by atoms with Crippen molar-refractivity contribution >= 4 is 5.97 Å². The fourth-order valence-corrected chi connectivity index (χ4v) is 2.54. The molecule has 2 heterocycles. The van der Waals surface area contributed by atoms with Crippen LogP contribution in [0.3, 0.4) is 0 Å². The molecule has 2 aromatic rings. The SMILES string of the molecule is Cc1oc(C(=O)O)cc1CNCC1Cc2ccccc2O1. The van der Waals surface area contributed by atoms with Gasteiger partial charge in [-0.1, -0.05) is 18.2 Å². The van der Waals surface area contributed by atoms with Gasteiger partial charge in [0.1, 0.15) is 17.6 Å². The van der Waals surface area contributed by atoms with Crippen LogP contribution >= 0.6 is 0 Å². The Kier molecular flexibility index (Phi) is 3.66. The molecule has 0 bridgehead atoms. The van der Waals surface area contributed by atoms with E-state index in [1.54, 1.807) is 13.0 Å². The predicted molar refractivity (Wildman–Crippen MR) is 76.7 cm³/mol. The molecule has 0 spiro atoms. The maximum atomic E-state index is 10.8. The molecule has 0 radical (unpaired) electrons. The number of fused-ring (bicyclic) bond motifs is 1. The lowest BCUT2D eigenvalue weighted by Crippen LogP contribution is -2.29. The minimum Gasteiger partial charge on any atom is -0.488 e. The number of carboxylic acid groups (broad SMARTS) is 1. The van der Waals surface area contributed by atoms with E-state index in [4.69, 9.17) is 14.3 Å². The zero-order valence-corrected chi connectivity index (χ0v) is 11.8. The van der Waals surface area contributed by atoms with Gasteiger partial charge in [-0.25, -0.2) is 4.79 Å². The Morgan fingerprint density at radius 1 is 1.43 bits per heavy atom. The zero-order valence-electron chi connectivity index (χ0n) is 11.8. The lowest BCUT2D eigenvalue weighted by atomic mass is 10.1. The first-order valence-corrected chi connectivity index (χ1v) is 6.91. The van der Waals surface area contributed by atoms with Crippen LogP contribution in [-0.2, 0) is 13.0 Å². The van der Waals surface area contributed by atoms with E-state index >= 15 is 0 Å². The molecule has 0 amide bonds.